The minimum Gasteiger partial charge on any atom is -0.493 e. The highest BCUT2D eigenvalue weighted by molar-refractivity contribution is 6.45. The highest BCUT2D eigenvalue weighted by atomic mass is 16.5. The molecule has 168 valence electrons. The van der Waals surface area contributed by atoms with Crippen molar-refractivity contribution in [2.45, 2.75) is 40.5 Å². The molecule has 2 aromatic carbocycles. The third-order valence-corrected chi connectivity index (χ3v) is 6.12. The van der Waals surface area contributed by atoms with Crippen LogP contribution in [0, 0.1) is 18.8 Å². The van der Waals surface area contributed by atoms with E-state index in [4.69, 9.17) is 4.74 Å². The van der Waals surface area contributed by atoms with Crippen LogP contribution in [0.15, 0.2) is 54.2 Å². The number of nitrogens with zero attached hydrogens (tertiary/aromatic N) is 2. The van der Waals surface area contributed by atoms with Crippen LogP contribution in [-0.4, -0.2) is 36.4 Å². The summed E-state index contributed by atoms with van der Waals surface area (Å²) in [7, 11) is 0. The van der Waals surface area contributed by atoms with E-state index in [9.17, 15) is 9.59 Å². The van der Waals surface area contributed by atoms with E-state index >= 15 is 0 Å². The number of anilines is 1. The third kappa shape index (κ3) is 4.29. The van der Waals surface area contributed by atoms with Crippen molar-refractivity contribution in [2.75, 3.05) is 24.6 Å². The maximum Gasteiger partial charge on any atom is 0.282 e. The molecule has 0 saturated carbocycles. The number of aryl methyl sites for hydroxylation is 1. The molecule has 4 rings (SSSR count). The zero-order chi connectivity index (χ0) is 22.8. The molecule has 0 spiro atoms. The Labute approximate surface area is 190 Å². The topological polar surface area (TPSA) is 49.9 Å². The van der Waals surface area contributed by atoms with Crippen LogP contribution in [0.3, 0.4) is 0 Å². The molecule has 2 heterocycles. The van der Waals surface area contributed by atoms with Crippen molar-refractivity contribution in [3.05, 3.63) is 65.4 Å². The van der Waals surface area contributed by atoms with Gasteiger partial charge in [-0.1, -0.05) is 51.1 Å². The summed E-state index contributed by atoms with van der Waals surface area (Å²) in [6.45, 7) is 10.6. The highest BCUT2D eigenvalue weighted by Crippen LogP contribution is 2.37. The van der Waals surface area contributed by atoms with E-state index in [-0.39, 0.29) is 11.8 Å². The van der Waals surface area contributed by atoms with Gasteiger partial charge in [-0.15, -0.1) is 0 Å². The number of carbonyl (C=O) groups is 2. The van der Waals surface area contributed by atoms with Gasteiger partial charge in [0.2, 0.25) is 0 Å². The van der Waals surface area contributed by atoms with Crippen LogP contribution in [-0.2, 0) is 9.59 Å². The Morgan fingerprint density at radius 2 is 1.75 bits per heavy atom. The summed E-state index contributed by atoms with van der Waals surface area (Å²) in [5.41, 5.74) is 3.32. The molecule has 2 aromatic rings. The molecule has 0 aromatic heterocycles. The number of hydrogen-bond acceptors (Lipinski definition) is 4. The van der Waals surface area contributed by atoms with Gasteiger partial charge < -0.3 is 9.64 Å². The van der Waals surface area contributed by atoms with Gasteiger partial charge in [0.05, 0.1) is 17.9 Å². The smallest absolute Gasteiger partial charge is 0.282 e. The first-order valence-corrected chi connectivity index (χ1v) is 11.5. The summed E-state index contributed by atoms with van der Waals surface area (Å²) in [4.78, 5) is 30.8. The SMILES string of the molecule is Cc1ccccc1N1C(=O)C(c2ccc(OCC(C)C)cc2)=C(N2CCCC(C)C2)C1=O. The van der Waals surface area contributed by atoms with Crippen molar-refractivity contribution in [1.82, 2.24) is 4.90 Å². The van der Waals surface area contributed by atoms with Crippen molar-refractivity contribution in [1.29, 1.82) is 0 Å². The fourth-order valence-electron chi connectivity index (χ4n) is 4.48. The predicted octanol–water partition coefficient (Wildman–Crippen LogP) is 5.05. The molecular formula is C27H32N2O3. The average molecular weight is 433 g/mol. The molecule has 0 aliphatic carbocycles. The first kappa shape index (κ1) is 22.1. The molecule has 0 bridgehead atoms. The van der Waals surface area contributed by atoms with E-state index in [1.807, 2.05) is 55.5 Å². The van der Waals surface area contributed by atoms with Crippen LogP contribution >= 0.6 is 0 Å². The molecule has 2 aliphatic heterocycles. The van der Waals surface area contributed by atoms with Gasteiger partial charge in [0.25, 0.3) is 11.8 Å². The summed E-state index contributed by atoms with van der Waals surface area (Å²) in [5, 5.41) is 0. The summed E-state index contributed by atoms with van der Waals surface area (Å²) in [5.74, 6) is 1.20. The molecule has 1 atom stereocenters. The number of carbonyl (C=O) groups excluding carboxylic acids is 2. The van der Waals surface area contributed by atoms with Crippen molar-refractivity contribution in [3.8, 4) is 5.75 Å². The Balaban J connectivity index is 1.75. The van der Waals surface area contributed by atoms with Gasteiger partial charge in [0.15, 0.2) is 0 Å². The van der Waals surface area contributed by atoms with Crippen LogP contribution in [0.25, 0.3) is 5.57 Å². The lowest BCUT2D eigenvalue weighted by atomic mass is 9.97. The summed E-state index contributed by atoms with van der Waals surface area (Å²) >= 11 is 0. The van der Waals surface area contributed by atoms with E-state index in [1.165, 1.54) is 4.90 Å². The number of para-hydroxylation sites is 1. The number of rotatable bonds is 6. The summed E-state index contributed by atoms with van der Waals surface area (Å²) in [6, 6.07) is 15.1. The third-order valence-electron chi connectivity index (χ3n) is 6.12. The Hall–Kier alpha value is -3.08. The molecule has 5 nitrogen and oxygen atoms in total. The molecule has 5 heteroatoms. The normalized spacial score (nSPS) is 19.3. The molecule has 1 saturated heterocycles. The lowest BCUT2D eigenvalue weighted by Crippen LogP contribution is -2.39. The van der Waals surface area contributed by atoms with Crippen LogP contribution in [0.1, 0.15) is 44.7 Å². The number of hydrogen-bond donors (Lipinski definition) is 0. The number of amides is 2. The quantitative estimate of drug-likeness (QED) is 0.600. The molecule has 0 N–H and O–H groups in total. The zero-order valence-corrected chi connectivity index (χ0v) is 19.4. The Bertz CT molecular complexity index is 1040. The number of benzene rings is 2. The molecule has 2 aliphatic rings. The van der Waals surface area contributed by atoms with Crippen LogP contribution in [0.4, 0.5) is 5.69 Å². The second-order valence-corrected chi connectivity index (χ2v) is 9.38. The average Bonchev–Trinajstić information content (AvgIpc) is 3.03. The molecule has 2 amide bonds. The van der Waals surface area contributed by atoms with Crippen molar-refractivity contribution in [3.63, 3.8) is 0 Å². The van der Waals surface area contributed by atoms with E-state index < -0.39 is 0 Å². The number of imide groups is 1. The van der Waals surface area contributed by atoms with Crippen LogP contribution < -0.4 is 9.64 Å². The monoisotopic (exact) mass is 432 g/mol. The maximum absolute atomic E-state index is 13.7. The van der Waals surface area contributed by atoms with Crippen LogP contribution in [0.2, 0.25) is 0 Å². The highest BCUT2D eigenvalue weighted by Gasteiger charge is 2.43. The van der Waals surface area contributed by atoms with E-state index in [2.05, 4.69) is 25.7 Å². The fraction of sp³-hybridized carbons (Fsp3) is 0.407. The van der Waals surface area contributed by atoms with Gasteiger partial charge >= 0.3 is 0 Å². The standard InChI is InChI=1S/C27H32N2O3/c1-18(2)17-32-22-13-11-21(12-14-22)24-25(28-15-7-8-19(3)16-28)27(31)29(26(24)30)23-10-6-5-9-20(23)4/h5-6,9-14,18-19H,7-8,15-17H2,1-4H3. The van der Waals surface area contributed by atoms with Crippen molar-refractivity contribution >= 4 is 23.1 Å². The van der Waals surface area contributed by atoms with Gasteiger partial charge in [-0.25, -0.2) is 4.90 Å². The lowest BCUT2D eigenvalue weighted by Gasteiger charge is -2.33. The molecule has 0 radical (unpaired) electrons. The predicted molar refractivity (Wildman–Crippen MR) is 127 cm³/mol. The molecule has 1 unspecified atom stereocenters. The Kier molecular flexibility index (Phi) is 6.35. The number of likely N-dealkylation sites (tertiary alicyclic amines) is 1. The Morgan fingerprint density at radius 1 is 1.03 bits per heavy atom. The van der Waals surface area contributed by atoms with E-state index in [0.717, 1.165) is 42.8 Å². The minimum absolute atomic E-state index is 0.228. The second-order valence-electron chi connectivity index (χ2n) is 9.38. The first-order chi connectivity index (χ1) is 15.4. The molecule has 32 heavy (non-hydrogen) atoms. The zero-order valence-electron chi connectivity index (χ0n) is 19.4. The first-order valence-electron chi connectivity index (χ1n) is 11.5. The van der Waals surface area contributed by atoms with Crippen molar-refractivity contribution in [2.24, 2.45) is 11.8 Å². The van der Waals surface area contributed by atoms with Gasteiger partial charge in [0, 0.05) is 13.1 Å². The largest absolute Gasteiger partial charge is 0.493 e. The van der Waals surface area contributed by atoms with Gasteiger partial charge in [0.1, 0.15) is 11.4 Å². The van der Waals surface area contributed by atoms with Gasteiger partial charge in [-0.3, -0.25) is 9.59 Å². The maximum atomic E-state index is 13.7. The molecular weight excluding hydrogens is 400 g/mol. The molecule has 1 fully saturated rings. The van der Waals surface area contributed by atoms with Crippen molar-refractivity contribution < 1.29 is 14.3 Å². The van der Waals surface area contributed by atoms with Crippen LogP contribution in [0.5, 0.6) is 5.75 Å². The van der Waals surface area contributed by atoms with Gasteiger partial charge in [-0.2, -0.15) is 0 Å². The minimum atomic E-state index is -0.256. The van der Waals surface area contributed by atoms with Gasteiger partial charge in [-0.05, 0) is 60.9 Å². The fourth-order valence-corrected chi connectivity index (χ4v) is 4.48. The number of ether oxygens (including phenoxy) is 1. The lowest BCUT2D eigenvalue weighted by molar-refractivity contribution is -0.120. The second kappa shape index (κ2) is 9.19. The van der Waals surface area contributed by atoms with E-state index in [0.29, 0.717) is 35.4 Å². The van der Waals surface area contributed by atoms with E-state index in [1.54, 1.807) is 0 Å². The summed E-state index contributed by atoms with van der Waals surface area (Å²) < 4.78 is 5.81. The Morgan fingerprint density at radius 3 is 2.41 bits per heavy atom. The summed E-state index contributed by atoms with van der Waals surface area (Å²) in [6.07, 6.45) is 2.16. The number of piperidine rings is 1.